The zero-order valence-corrected chi connectivity index (χ0v) is 29.7. The summed E-state index contributed by atoms with van der Waals surface area (Å²) in [4.78, 5) is 0. The second kappa shape index (κ2) is 14.0. The molecule has 0 amide bonds. The molecule has 0 bridgehead atoms. The van der Waals surface area contributed by atoms with Crippen LogP contribution in [0, 0.1) is 6.92 Å². The fraction of sp³-hybridized carbons (Fsp3) is 0.447. The summed E-state index contributed by atoms with van der Waals surface area (Å²) in [6, 6.07) is 24.6. The molecule has 0 spiro atoms. The van der Waals surface area contributed by atoms with Gasteiger partial charge in [0.25, 0.3) is 0 Å². The quantitative estimate of drug-likeness (QED) is 0.116. The Balaban J connectivity index is 1.32. The van der Waals surface area contributed by atoms with Crippen molar-refractivity contribution in [2.45, 2.75) is 136 Å². The number of hydrogen-bond donors (Lipinski definition) is 0. The summed E-state index contributed by atoms with van der Waals surface area (Å²) in [7, 11) is 0. The fourth-order valence-electron chi connectivity index (χ4n) is 9.35. The Bertz CT molecular complexity index is 1810. The van der Waals surface area contributed by atoms with Gasteiger partial charge in [0.05, 0.1) is 0 Å². The Morgan fingerprint density at radius 3 is 1.89 bits per heavy atom. The Kier molecular flexibility index (Phi) is 9.59. The van der Waals surface area contributed by atoms with Gasteiger partial charge in [0.2, 0.25) is 0 Å². The molecule has 0 saturated heterocycles. The van der Waals surface area contributed by atoms with Crippen molar-refractivity contribution in [1.29, 1.82) is 0 Å². The molecule has 0 heteroatoms. The minimum atomic E-state index is 0.111. The molecule has 3 aliphatic carbocycles. The Morgan fingerprint density at radius 2 is 1.17 bits per heavy atom. The molecule has 244 valence electrons. The highest BCUT2D eigenvalue weighted by molar-refractivity contribution is 6.09. The maximum atomic E-state index is 2.65. The summed E-state index contributed by atoms with van der Waals surface area (Å²) in [5, 5.41) is 2.94. The smallest absolute Gasteiger partial charge is 0.0215 e. The number of aryl methyl sites for hydroxylation is 1. The van der Waals surface area contributed by atoms with Crippen LogP contribution in [0.3, 0.4) is 0 Å². The molecule has 0 nitrogen and oxygen atoms in total. The zero-order chi connectivity index (χ0) is 32.4. The lowest BCUT2D eigenvalue weighted by molar-refractivity contribution is 0.398. The van der Waals surface area contributed by atoms with Gasteiger partial charge in [0, 0.05) is 5.41 Å². The van der Waals surface area contributed by atoms with Gasteiger partial charge in [0.15, 0.2) is 0 Å². The van der Waals surface area contributed by atoms with Gasteiger partial charge in [-0.1, -0.05) is 163 Å². The van der Waals surface area contributed by atoms with Crippen LogP contribution in [0.15, 0.2) is 72.8 Å². The predicted octanol–water partition coefficient (Wildman–Crippen LogP) is 14.3. The molecule has 0 heterocycles. The van der Waals surface area contributed by atoms with E-state index < -0.39 is 0 Å². The maximum absolute atomic E-state index is 2.65. The van der Waals surface area contributed by atoms with E-state index in [4.69, 9.17) is 0 Å². The third-order valence-corrected chi connectivity index (χ3v) is 12.0. The average Bonchev–Trinajstić information content (AvgIpc) is 3.35. The van der Waals surface area contributed by atoms with Crippen LogP contribution in [0.2, 0.25) is 0 Å². The van der Waals surface area contributed by atoms with Crippen molar-refractivity contribution in [3.8, 4) is 22.3 Å². The molecule has 0 N–H and O–H groups in total. The van der Waals surface area contributed by atoms with Crippen LogP contribution in [0.5, 0.6) is 0 Å². The van der Waals surface area contributed by atoms with Gasteiger partial charge in [-0.25, -0.2) is 0 Å². The zero-order valence-electron chi connectivity index (χ0n) is 29.7. The minimum Gasteiger partial charge on any atom is -0.0766 e. The van der Waals surface area contributed by atoms with Crippen LogP contribution in [0.25, 0.3) is 44.2 Å². The first kappa shape index (κ1) is 32.2. The van der Waals surface area contributed by atoms with Crippen molar-refractivity contribution in [3.05, 3.63) is 106 Å². The molecule has 0 atom stereocenters. The van der Waals surface area contributed by atoms with E-state index >= 15 is 0 Å². The van der Waals surface area contributed by atoms with Gasteiger partial charge in [-0.05, 0) is 118 Å². The van der Waals surface area contributed by atoms with Crippen molar-refractivity contribution in [3.63, 3.8) is 0 Å². The largest absolute Gasteiger partial charge is 0.0766 e. The summed E-state index contributed by atoms with van der Waals surface area (Å²) in [5.74, 6) is 0. The first-order valence-electron chi connectivity index (χ1n) is 19.3. The van der Waals surface area contributed by atoms with Gasteiger partial charge in [-0.15, -0.1) is 0 Å². The van der Waals surface area contributed by atoms with E-state index in [9.17, 15) is 0 Å². The van der Waals surface area contributed by atoms with Crippen molar-refractivity contribution < 1.29 is 0 Å². The minimum absolute atomic E-state index is 0.111. The van der Waals surface area contributed by atoms with E-state index in [1.54, 1.807) is 11.1 Å². The molecule has 0 fully saturated rings. The highest BCUT2D eigenvalue weighted by Crippen LogP contribution is 2.56. The first-order chi connectivity index (χ1) is 23.1. The van der Waals surface area contributed by atoms with Crippen LogP contribution in [-0.4, -0.2) is 0 Å². The summed E-state index contributed by atoms with van der Waals surface area (Å²) < 4.78 is 0. The van der Waals surface area contributed by atoms with E-state index in [-0.39, 0.29) is 5.41 Å². The van der Waals surface area contributed by atoms with E-state index in [0.717, 1.165) is 12.8 Å². The monoisotopic (exact) mass is 620 g/mol. The summed E-state index contributed by atoms with van der Waals surface area (Å²) in [6.45, 7) is 9.24. The Morgan fingerprint density at radius 1 is 0.553 bits per heavy atom. The molecular formula is C47H56. The number of allylic oxidation sites excluding steroid dienone is 4. The average molecular weight is 621 g/mol. The lowest BCUT2D eigenvalue weighted by Gasteiger charge is -2.33. The van der Waals surface area contributed by atoms with Crippen LogP contribution in [-0.2, 0) is 11.8 Å². The third kappa shape index (κ3) is 5.96. The molecular weight excluding hydrogens is 565 g/mol. The Labute approximate surface area is 285 Å². The first-order valence-corrected chi connectivity index (χ1v) is 19.3. The molecule has 4 aromatic rings. The van der Waals surface area contributed by atoms with Crippen molar-refractivity contribution in [2.24, 2.45) is 0 Å². The molecule has 7 rings (SSSR count). The summed E-state index contributed by atoms with van der Waals surface area (Å²) in [5.41, 5.74) is 17.9. The van der Waals surface area contributed by atoms with Crippen LogP contribution >= 0.6 is 0 Å². The van der Waals surface area contributed by atoms with Gasteiger partial charge in [0.1, 0.15) is 0 Å². The van der Waals surface area contributed by atoms with Gasteiger partial charge in [-0.2, -0.15) is 0 Å². The molecule has 0 aromatic heterocycles. The van der Waals surface area contributed by atoms with E-state index in [0.29, 0.717) is 0 Å². The van der Waals surface area contributed by atoms with Gasteiger partial charge >= 0.3 is 0 Å². The predicted molar refractivity (Wildman–Crippen MR) is 206 cm³/mol. The van der Waals surface area contributed by atoms with E-state index in [2.05, 4.69) is 101 Å². The molecule has 0 aliphatic heterocycles. The highest BCUT2D eigenvalue weighted by atomic mass is 14.5. The highest BCUT2D eigenvalue weighted by Gasteiger charge is 2.42. The number of unbranched alkanes of at least 4 members (excludes halogenated alkanes) is 10. The lowest BCUT2D eigenvalue weighted by Crippen LogP contribution is -2.25. The molecule has 0 saturated carbocycles. The number of benzene rings is 4. The lowest BCUT2D eigenvalue weighted by atomic mass is 9.70. The van der Waals surface area contributed by atoms with Crippen LogP contribution in [0.1, 0.15) is 150 Å². The molecule has 4 aromatic carbocycles. The fourth-order valence-corrected chi connectivity index (χ4v) is 9.35. The normalized spacial score (nSPS) is 15.4. The van der Waals surface area contributed by atoms with Gasteiger partial charge in [-0.3, -0.25) is 0 Å². The molecule has 47 heavy (non-hydrogen) atoms. The van der Waals surface area contributed by atoms with Crippen LogP contribution < -0.4 is 0 Å². The second-order valence-corrected chi connectivity index (χ2v) is 15.1. The van der Waals surface area contributed by atoms with E-state index in [1.165, 1.54) is 156 Å². The number of rotatable bonds is 15. The van der Waals surface area contributed by atoms with Gasteiger partial charge < -0.3 is 0 Å². The maximum Gasteiger partial charge on any atom is 0.0215 e. The van der Waals surface area contributed by atoms with Crippen LogP contribution in [0.4, 0.5) is 0 Å². The standard InChI is InChI=1S/C47H56/c1-5-7-9-11-13-15-29-47(30-16-14-12-10-8-6-2)43-31-33(3)17-24-40(43)41-26-23-37(32-44(41)47)39-25-22-36-21-20-35-19-18-34(4)38-27-28-42(39)46(36)45(35)38/h17-18,20,22-28,31-32H,5-16,19,21,29-30H2,1-4H3. The Hall–Kier alpha value is -3.38. The topological polar surface area (TPSA) is 0 Å². The molecule has 0 radical (unpaired) electrons. The molecule has 0 unspecified atom stereocenters. The number of hydrogen-bond acceptors (Lipinski definition) is 0. The summed E-state index contributed by atoms with van der Waals surface area (Å²) in [6.07, 6.45) is 25.8. The SMILES string of the molecule is CCCCCCCCC1(CCCCCCCC)c2cc(C)ccc2-c2ccc(-c3ccc4c5c6c(ccc35)C(C)=CCC6=CC4)cc21. The third-order valence-electron chi connectivity index (χ3n) is 12.0. The molecule has 3 aliphatic rings. The number of fused-ring (bicyclic) bond motifs is 3. The summed E-state index contributed by atoms with van der Waals surface area (Å²) >= 11 is 0. The van der Waals surface area contributed by atoms with Crippen molar-refractivity contribution >= 4 is 21.9 Å². The second-order valence-electron chi connectivity index (χ2n) is 15.1. The van der Waals surface area contributed by atoms with Crippen molar-refractivity contribution in [1.82, 2.24) is 0 Å². The van der Waals surface area contributed by atoms with Crippen molar-refractivity contribution in [2.75, 3.05) is 0 Å². The van der Waals surface area contributed by atoms with E-state index in [1.807, 2.05) is 0 Å².